The second-order valence-electron chi connectivity index (χ2n) is 3.25. The van der Waals surface area contributed by atoms with Crippen LogP contribution in [0.3, 0.4) is 0 Å². The van der Waals surface area contributed by atoms with Crippen LogP contribution in [0.25, 0.3) is 0 Å². The molecule has 4 heteroatoms. The number of hydrogen-bond donors (Lipinski definition) is 2. The molecule has 0 aliphatic rings. The molecule has 1 aromatic carbocycles. The van der Waals surface area contributed by atoms with Crippen molar-refractivity contribution < 1.29 is 4.79 Å². The Hall–Kier alpha value is -1.22. The molecule has 0 spiro atoms. The normalized spacial score (nSPS) is 9.36. The summed E-state index contributed by atoms with van der Waals surface area (Å²) >= 11 is 0. The van der Waals surface area contributed by atoms with E-state index in [1.165, 1.54) is 0 Å². The molecule has 3 nitrogen and oxygen atoms in total. The summed E-state index contributed by atoms with van der Waals surface area (Å²) in [5.41, 5.74) is 6.81. The minimum absolute atomic E-state index is 0. The summed E-state index contributed by atoms with van der Waals surface area (Å²) in [6.45, 7) is 3.85. The fraction of sp³-hybridized carbons (Fsp3) is 0.300. The highest BCUT2D eigenvalue weighted by Crippen LogP contribution is 2.05. The molecular formula is C10H15ClN2O. The van der Waals surface area contributed by atoms with Crippen molar-refractivity contribution in [3.05, 3.63) is 29.8 Å². The van der Waals surface area contributed by atoms with Crippen LogP contribution in [0.15, 0.2) is 24.3 Å². The first-order valence-electron chi connectivity index (χ1n) is 4.26. The Labute approximate surface area is 90.1 Å². The van der Waals surface area contributed by atoms with Crippen molar-refractivity contribution in [2.24, 2.45) is 0 Å². The third-order valence-electron chi connectivity index (χ3n) is 1.59. The topological polar surface area (TPSA) is 55.1 Å². The second-order valence-corrected chi connectivity index (χ2v) is 3.25. The molecule has 0 heterocycles. The van der Waals surface area contributed by atoms with Gasteiger partial charge in [0.1, 0.15) is 0 Å². The smallest absolute Gasteiger partial charge is 0.251 e. The molecule has 0 aliphatic carbocycles. The van der Waals surface area contributed by atoms with E-state index in [-0.39, 0.29) is 24.4 Å². The minimum Gasteiger partial charge on any atom is -0.399 e. The summed E-state index contributed by atoms with van der Waals surface area (Å²) in [6, 6.07) is 7.02. The summed E-state index contributed by atoms with van der Waals surface area (Å²) in [5, 5.41) is 2.80. The van der Waals surface area contributed by atoms with Gasteiger partial charge in [0.15, 0.2) is 0 Å². The van der Waals surface area contributed by atoms with Crippen LogP contribution < -0.4 is 11.1 Å². The fourth-order valence-corrected chi connectivity index (χ4v) is 0.980. The van der Waals surface area contributed by atoms with Gasteiger partial charge in [0, 0.05) is 17.3 Å². The first-order chi connectivity index (χ1) is 6.09. The number of amides is 1. The number of nitrogens with two attached hydrogens (primary N) is 1. The largest absolute Gasteiger partial charge is 0.399 e. The molecule has 0 saturated carbocycles. The van der Waals surface area contributed by atoms with Crippen LogP contribution in [0, 0.1) is 0 Å². The van der Waals surface area contributed by atoms with Crippen molar-refractivity contribution in [2.75, 3.05) is 5.73 Å². The number of benzene rings is 1. The van der Waals surface area contributed by atoms with E-state index < -0.39 is 0 Å². The molecule has 0 saturated heterocycles. The van der Waals surface area contributed by atoms with Gasteiger partial charge in [-0.05, 0) is 38.1 Å². The van der Waals surface area contributed by atoms with Crippen molar-refractivity contribution in [3.63, 3.8) is 0 Å². The summed E-state index contributed by atoms with van der Waals surface area (Å²) in [7, 11) is 0. The SMILES string of the molecule is CC(C)NC(=O)c1ccc(N)cc1.Cl. The quantitative estimate of drug-likeness (QED) is 0.738. The van der Waals surface area contributed by atoms with E-state index in [4.69, 9.17) is 5.73 Å². The lowest BCUT2D eigenvalue weighted by Gasteiger charge is -2.07. The van der Waals surface area contributed by atoms with E-state index in [1.807, 2.05) is 13.8 Å². The van der Waals surface area contributed by atoms with E-state index in [9.17, 15) is 4.79 Å². The second kappa shape index (κ2) is 5.50. The van der Waals surface area contributed by atoms with E-state index in [2.05, 4.69) is 5.32 Å². The highest BCUT2D eigenvalue weighted by molar-refractivity contribution is 5.94. The van der Waals surface area contributed by atoms with Gasteiger partial charge in [-0.15, -0.1) is 12.4 Å². The van der Waals surface area contributed by atoms with Crippen molar-refractivity contribution in [3.8, 4) is 0 Å². The Balaban J connectivity index is 0.00000169. The van der Waals surface area contributed by atoms with Crippen LogP contribution in [-0.4, -0.2) is 11.9 Å². The van der Waals surface area contributed by atoms with Crippen molar-refractivity contribution >= 4 is 24.0 Å². The molecule has 0 radical (unpaired) electrons. The fourth-order valence-electron chi connectivity index (χ4n) is 0.980. The molecule has 0 unspecified atom stereocenters. The van der Waals surface area contributed by atoms with E-state index in [0.29, 0.717) is 11.3 Å². The molecule has 0 aliphatic heterocycles. The predicted octanol–water partition coefficient (Wildman–Crippen LogP) is 1.83. The van der Waals surface area contributed by atoms with Gasteiger partial charge in [0.05, 0.1) is 0 Å². The number of nitrogen functional groups attached to an aromatic ring is 1. The highest BCUT2D eigenvalue weighted by Gasteiger charge is 2.05. The number of rotatable bonds is 2. The highest BCUT2D eigenvalue weighted by atomic mass is 35.5. The van der Waals surface area contributed by atoms with Gasteiger partial charge in [-0.3, -0.25) is 4.79 Å². The molecule has 78 valence electrons. The van der Waals surface area contributed by atoms with Crippen molar-refractivity contribution in [1.29, 1.82) is 0 Å². The Morgan fingerprint density at radius 3 is 2.21 bits per heavy atom. The molecule has 0 fully saturated rings. The molecule has 1 amide bonds. The van der Waals surface area contributed by atoms with Crippen LogP contribution in [-0.2, 0) is 0 Å². The van der Waals surface area contributed by atoms with Crippen LogP contribution in [0.2, 0.25) is 0 Å². The maximum atomic E-state index is 11.4. The zero-order valence-corrected chi connectivity index (χ0v) is 9.10. The Kier molecular flexibility index (Phi) is 5.02. The third kappa shape index (κ3) is 3.66. The Bertz CT molecular complexity index is 295. The molecule has 14 heavy (non-hydrogen) atoms. The van der Waals surface area contributed by atoms with Crippen LogP contribution >= 0.6 is 12.4 Å². The van der Waals surface area contributed by atoms with Crippen LogP contribution in [0.1, 0.15) is 24.2 Å². The van der Waals surface area contributed by atoms with Gasteiger partial charge in [0.2, 0.25) is 0 Å². The first-order valence-corrected chi connectivity index (χ1v) is 4.26. The third-order valence-corrected chi connectivity index (χ3v) is 1.59. The monoisotopic (exact) mass is 214 g/mol. The van der Waals surface area contributed by atoms with Gasteiger partial charge < -0.3 is 11.1 Å². The number of anilines is 1. The molecule has 0 bridgehead atoms. The average molecular weight is 215 g/mol. The molecule has 1 aromatic rings. The van der Waals surface area contributed by atoms with Gasteiger partial charge in [-0.2, -0.15) is 0 Å². The zero-order valence-electron chi connectivity index (χ0n) is 8.28. The van der Waals surface area contributed by atoms with Gasteiger partial charge >= 0.3 is 0 Å². The summed E-state index contributed by atoms with van der Waals surface area (Å²) in [6.07, 6.45) is 0. The number of hydrogen-bond acceptors (Lipinski definition) is 2. The molecule has 0 aromatic heterocycles. The lowest BCUT2D eigenvalue weighted by Crippen LogP contribution is -2.29. The maximum Gasteiger partial charge on any atom is 0.251 e. The van der Waals surface area contributed by atoms with Crippen molar-refractivity contribution in [1.82, 2.24) is 5.32 Å². The number of nitrogens with one attached hydrogen (secondary N) is 1. The van der Waals surface area contributed by atoms with E-state index in [1.54, 1.807) is 24.3 Å². The van der Waals surface area contributed by atoms with Crippen LogP contribution in [0.4, 0.5) is 5.69 Å². The zero-order chi connectivity index (χ0) is 9.84. The molecule has 1 rings (SSSR count). The number of carbonyl (C=O) groups is 1. The van der Waals surface area contributed by atoms with E-state index >= 15 is 0 Å². The van der Waals surface area contributed by atoms with Gasteiger partial charge in [0.25, 0.3) is 5.91 Å². The Morgan fingerprint density at radius 2 is 1.79 bits per heavy atom. The lowest BCUT2D eigenvalue weighted by atomic mass is 10.2. The lowest BCUT2D eigenvalue weighted by molar-refractivity contribution is 0.0943. The molecule has 3 N–H and O–H groups in total. The summed E-state index contributed by atoms with van der Waals surface area (Å²) in [4.78, 5) is 11.4. The predicted molar refractivity (Wildman–Crippen MR) is 60.7 cm³/mol. The number of halogens is 1. The Morgan fingerprint density at radius 1 is 1.29 bits per heavy atom. The van der Waals surface area contributed by atoms with E-state index in [0.717, 1.165) is 0 Å². The minimum atomic E-state index is -0.0602. The van der Waals surface area contributed by atoms with Gasteiger partial charge in [-0.25, -0.2) is 0 Å². The number of carbonyl (C=O) groups excluding carboxylic acids is 1. The molecular weight excluding hydrogens is 200 g/mol. The molecule has 0 atom stereocenters. The van der Waals surface area contributed by atoms with Crippen LogP contribution in [0.5, 0.6) is 0 Å². The maximum absolute atomic E-state index is 11.4. The standard InChI is InChI=1S/C10H14N2O.ClH/c1-7(2)12-10(13)8-3-5-9(11)6-4-8;/h3-7H,11H2,1-2H3,(H,12,13);1H. The van der Waals surface area contributed by atoms with Gasteiger partial charge in [-0.1, -0.05) is 0 Å². The first kappa shape index (κ1) is 12.8. The average Bonchev–Trinajstić information content (AvgIpc) is 2.04. The van der Waals surface area contributed by atoms with Crippen molar-refractivity contribution in [2.45, 2.75) is 19.9 Å². The summed E-state index contributed by atoms with van der Waals surface area (Å²) in [5.74, 6) is -0.0602. The summed E-state index contributed by atoms with van der Waals surface area (Å²) < 4.78 is 0.